The molecule has 0 aliphatic rings. The van der Waals surface area contributed by atoms with Crippen molar-refractivity contribution in [1.29, 1.82) is 0 Å². The third-order valence-electron chi connectivity index (χ3n) is 2.79. The lowest BCUT2D eigenvalue weighted by atomic mass is 10.2. The summed E-state index contributed by atoms with van der Waals surface area (Å²) in [6.45, 7) is 5.91. The largest absolute Gasteiger partial charge is 0.345 e. The molecule has 0 bridgehead atoms. The summed E-state index contributed by atoms with van der Waals surface area (Å²) in [5.74, 6) is -0.0890. The molecule has 1 aromatic heterocycles. The van der Waals surface area contributed by atoms with Crippen molar-refractivity contribution in [3.05, 3.63) is 45.4 Å². The second kappa shape index (κ2) is 5.75. The van der Waals surface area contributed by atoms with Crippen LogP contribution < -0.4 is 5.32 Å². The molecule has 2 rings (SSSR count). The number of amides is 1. The molecule has 0 aliphatic carbocycles. The van der Waals surface area contributed by atoms with Crippen molar-refractivity contribution in [2.45, 2.75) is 31.7 Å². The van der Waals surface area contributed by atoms with Crippen LogP contribution in [0, 0.1) is 13.8 Å². The average molecular weight is 292 g/mol. The monoisotopic (exact) mass is 292 g/mol. The van der Waals surface area contributed by atoms with Crippen molar-refractivity contribution in [2.75, 3.05) is 0 Å². The first-order chi connectivity index (χ1) is 8.97. The van der Waals surface area contributed by atoms with Gasteiger partial charge in [0.2, 0.25) is 0 Å². The van der Waals surface area contributed by atoms with E-state index in [1.807, 2.05) is 32.9 Å². The highest BCUT2D eigenvalue weighted by Crippen LogP contribution is 2.24. The molecular formula is C14H16N2OS2. The van der Waals surface area contributed by atoms with E-state index in [9.17, 15) is 4.79 Å². The van der Waals surface area contributed by atoms with Crippen LogP contribution in [0.3, 0.4) is 0 Å². The number of hydrogen-bond donors (Lipinski definition) is 2. The summed E-state index contributed by atoms with van der Waals surface area (Å²) < 4.78 is 0. The van der Waals surface area contributed by atoms with E-state index in [4.69, 9.17) is 0 Å². The molecule has 2 aromatic rings. The van der Waals surface area contributed by atoms with Gasteiger partial charge in [0.1, 0.15) is 0 Å². The van der Waals surface area contributed by atoms with Gasteiger partial charge in [-0.2, -0.15) is 0 Å². The van der Waals surface area contributed by atoms with Crippen LogP contribution in [-0.4, -0.2) is 10.9 Å². The minimum atomic E-state index is -0.0890. The molecule has 0 spiro atoms. The third kappa shape index (κ3) is 3.36. The average Bonchev–Trinajstić information content (AvgIpc) is 2.68. The summed E-state index contributed by atoms with van der Waals surface area (Å²) in [7, 11) is 0. The van der Waals surface area contributed by atoms with E-state index in [1.165, 1.54) is 0 Å². The Morgan fingerprint density at radius 3 is 2.74 bits per heavy atom. The summed E-state index contributed by atoms with van der Waals surface area (Å²) in [5, 5.41) is 4.01. The Bertz CT molecular complexity index is 607. The predicted octanol–water partition coefficient (Wildman–Crippen LogP) is 3.54. The molecule has 0 saturated carbocycles. The maximum absolute atomic E-state index is 12.1. The first-order valence-corrected chi connectivity index (χ1v) is 7.27. The molecule has 0 saturated heterocycles. The summed E-state index contributed by atoms with van der Waals surface area (Å²) in [6, 6.07) is 7.18. The van der Waals surface area contributed by atoms with Gasteiger partial charge in [0.05, 0.1) is 16.7 Å². The van der Waals surface area contributed by atoms with Gasteiger partial charge in [-0.1, -0.05) is 6.07 Å². The number of hydrogen-bond acceptors (Lipinski definition) is 4. The molecule has 100 valence electrons. The highest BCUT2D eigenvalue weighted by molar-refractivity contribution is 7.80. The van der Waals surface area contributed by atoms with E-state index < -0.39 is 0 Å². The van der Waals surface area contributed by atoms with Gasteiger partial charge in [0.15, 0.2) is 0 Å². The lowest BCUT2D eigenvalue weighted by Gasteiger charge is -2.13. The maximum atomic E-state index is 12.1. The summed E-state index contributed by atoms with van der Waals surface area (Å²) in [6.07, 6.45) is 0. The molecule has 5 heteroatoms. The van der Waals surface area contributed by atoms with E-state index in [2.05, 4.69) is 22.9 Å². The number of nitrogens with one attached hydrogen (secondary N) is 1. The number of thiol groups is 1. The second-order valence-corrected chi connectivity index (χ2v) is 6.18. The summed E-state index contributed by atoms with van der Waals surface area (Å²) >= 11 is 5.86. The van der Waals surface area contributed by atoms with Crippen LogP contribution in [0.4, 0.5) is 0 Å². The maximum Gasteiger partial charge on any atom is 0.251 e. The molecule has 1 heterocycles. The molecule has 0 radical (unpaired) electrons. The third-order valence-corrected chi connectivity index (χ3v) is 4.32. The molecule has 1 amide bonds. The Hall–Kier alpha value is -1.33. The van der Waals surface area contributed by atoms with Crippen molar-refractivity contribution in [2.24, 2.45) is 0 Å². The number of nitrogens with zero attached hydrogens (tertiary/aromatic N) is 1. The minimum absolute atomic E-state index is 0.0396. The van der Waals surface area contributed by atoms with Crippen LogP contribution >= 0.6 is 24.0 Å². The van der Waals surface area contributed by atoms with Gasteiger partial charge in [0, 0.05) is 15.3 Å². The Balaban J connectivity index is 2.13. The zero-order chi connectivity index (χ0) is 14.0. The fourth-order valence-electron chi connectivity index (χ4n) is 1.94. The zero-order valence-electron chi connectivity index (χ0n) is 11.1. The van der Waals surface area contributed by atoms with Crippen molar-refractivity contribution in [3.8, 4) is 0 Å². The van der Waals surface area contributed by atoms with Gasteiger partial charge in [0.25, 0.3) is 5.91 Å². The standard InChI is InChI=1S/C14H16N2OS2/c1-8-13(19-10(3)15-8)9(2)16-14(17)11-5-4-6-12(18)7-11/h4-7,9,18H,1-3H3,(H,16,17). The SMILES string of the molecule is Cc1nc(C)c(C(C)NC(=O)c2cccc(S)c2)s1. The second-order valence-electron chi connectivity index (χ2n) is 4.43. The van der Waals surface area contributed by atoms with Crippen molar-refractivity contribution >= 4 is 29.9 Å². The van der Waals surface area contributed by atoms with E-state index >= 15 is 0 Å². The Morgan fingerprint density at radius 1 is 1.42 bits per heavy atom. The number of benzene rings is 1. The van der Waals surface area contributed by atoms with Gasteiger partial charge in [-0.05, 0) is 39.0 Å². The van der Waals surface area contributed by atoms with Crippen molar-refractivity contribution < 1.29 is 4.79 Å². The van der Waals surface area contributed by atoms with Crippen LogP contribution in [0.25, 0.3) is 0 Å². The first-order valence-electron chi connectivity index (χ1n) is 6.01. The fraction of sp³-hybridized carbons (Fsp3) is 0.286. The van der Waals surface area contributed by atoms with Crippen LogP contribution in [0.15, 0.2) is 29.2 Å². The summed E-state index contributed by atoms with van der Waals surface area (Å²) in [5.41, 5.74) is 1.61. The highest BCUT2D eigenvalue weighted by atomic mass is 32.1. The molecular weight excluding hydrogens is 276 g/mol. The Labute approximate surface area is 122 Å². The first kappa shape index (κ1) is 14.1. The van der Waals surface area contributed by atoms with E-state index in [0.717, 1.165) is 20.5 Å². The lowest BCUT2D eigenvalue weighted by molar-refractivity contribution is 0.0940. The molecule has 1 N–H and O–H groups in total. The van der Waals surface area contributed by atoms with Crippen LogP contribution in [0.5, 0.6) is 0 Å². The Morgan fingerprint density at radius 2 is 2.16 bits per heavy atom. The molecule has 3 nitrogen and oxygen atoms in total. The quantitative estimate of drug-likeness (QED) is 0.850. The van der Waals surface area contributed by atoms with Gasteiger partial charge in [-0.25, -0.2) is 4.98 Å². The number of thiazole rings is 1. The van der Waals surface area contributed by atoms with Gasteiger partial charge < -0.3 is 5.32 Å². The van der Waals surface area contributed by atoms with Gasteiger partial charge in [-0.15, -0.1) is 24.0 Å². The number of aromatic nitrogens is 1. The smallest absolute Gasteiger partial charge is 0.251 e. The minimum Gasteiger partial charge on any atom is -0.345 e. The lowest BCUT2D eigenvalue weighted by Crippen LogP contribution is -2.26. The molecule has 1 aromatic carbocycles. The number of aryl methyl sites for hydroxylation is 2. The normalized spacial score (nSPS) is 12.2. The molecule has 1 unspecified atom stereocenters. The van der Waals surface area contributed by atoms with Crippen LogP contribution in [0.1, 0.15) is 38.9 Å². The molecule has 1 atom stereocenters. The number of carbonyl (C=O) groups is 1. The van der Waals surface area contributed by atoms with Gasteiger partial charge in [-0.3, -0.25) is 4.79 Å². The van der Waals surface area contributed by atoms with E-state index in [-0.39, 0.29) is 11.9 Å². The van der Waals surface area contributed by atoms with Crippen LogP contribution in [-0.2, 0) is 0 Å². The predicted molar refractivity (Wildman–Crippen MR) is 81.2 cm³/mol. The molecule has 19 heavy (non-hydrogen) atoms. The van der Waals surface area contributed by atoms with Crippen molar-refractivity contribution in [1.82, 2.24) is 10.3 Å². The number of carbonyl (C=O) groups excluding carboxylic acids is 1. The van der Waals surface area contributed by atoms with E-state index in [0.29, 0.717) is 5.56 Å². The molecule has 0 aliphatic heterocycles. The Kier molecular flexibility index (Phi) is 4.27. The topological polar surface area (TPSA) is 42.0 Å². The number of rotatable bonds is 3. The zero-order valence-corrected chi connectivity index (χ0v) is 12.8. The van der Waals surface area contributed by atoms with Crippen LogP contribution in [0.2, 0.25) is 0 Å². The summed E-state index contributed by atoms with van der Waals surface area (Å²) in [4.78, 5) is 18.4. The molecule has 0 fully saturated rings. The fourth-order valence-corrected chi connectivity index (χ4v) is 3.10. The van der Waals surface area contributed by atoms with Crippen molar-refractivity contribution in [3.63, 3.8) is 0 Å². The van der Waals surface area contributed by atoms with E-state index in [1.54, 1.807) is 23.5 Å². The highest BCUT2D eigenvalue weighted by Gasteiger charge is 2.16. The van der Waals surface area contributed by atoms with Gasteiger partial charge >= 0.3 is 0 Å².